The molecule has 2 atom stereocenters. The fraction of sp³-hybridized carbons (Fsp3) is 0.320. The molecular formula is C25H26ClN5O4S. The van der Waals surface area contributed by atoms with Gasteiger partial charge in [0.2, 0.25) is 15.9 Å². The molecule has 36 heavy (non-hydrogen) atoms. The molecule has 188 valence electrons. The lowest BCUT2D eigenvalue weighted by Gasteiger charge is -2.30. The van der Waals surface area contributed by atoms with Crippen molar-refractivity contribution in [2.24, 2.45) is 0 Å². The van der Waals surface area contributed by atoms with Gasteiger partial charge in [0.25, 0.3) is 0 Å². The van der Waals surface area contributed by atoms with E-state index in [0.717, 1.165) is 12.8 Å². The Labute approximate surface area is 215 Å². The fourth-order valence-corrected chi connectivity index (χ4v) is 6.91. The van der Waals surface area contributed by atoms with E-state index in [0.29, 0.717) is 47.5 Å². The second kappa shape index (κ2) is 10.4. The van der Waals surface area contributed by atoms with Crippen LogP contribution in [0.15, 0.2) is 67.1 Å². The van der Waals surface area contributed by atoms with Crippen LogP contribution in [0.1, 0.15) is 30.1 Å². The van der Waals surface area contributed by atoms with Crippen LogP contribution in [-0.4, -0.2) is 54.4 Å². The summed E-state index contributed by atoms with van der Waals surface area (Å²) in [5.41, 5.74) is 1.26. The molecule has 2 fully saturated rings. The number of hydrogen-bond acceptors (Lipinski definition) is 6. The maximum absolute atomic E-state index is 13.9. The lowest BCUT2D eigenvalue weighted by atomic mass is 10.0. The second-order valence-electron chi connectivity index (χ2n) is 8.78. The number of nitrogens with one attached hydrogen (secondary N) is 1. The van der Waals surface area contributed by atoms with Crippen molar-refractivity contribution >= 4 is 33.3 Å². The summed E-state index contributed by atoms with van der Waals surface area (Å²) in [6, 6.07) is 13.4. The maximum Gasteiger partial charge on any atom is 0.322 e. The molecule has 2 aliphatic heterocycles. The van der Waals surface area contributed by atoms with Gasteiger partial charge in [-0.2, -0.15) is 0 Å². The first-order valence-corrected chi connectivity index (χ1v) is 13.7. The number of ether oxygens (including phenoxy) is 1. The van der Waals surface area contributed by atoms with E-state index in [-0.39, 0.29) is 18.5 Å². The van der Waals surface area contributed by atoms with Crippen molar-refractivity contribution in [3.63, 3.8) is 0 Å². The number of carbonyl (C=O) groups excluding carboxylic acids is 1. The smallest absolute Gasteiger partial charge is 0.322 e. The minimum Gasteiger partial charge on any atom is -0.437 e. The number of sulfonamides is 1. The standard InChI is InChI=1S/C25H26ClN5O4S/c26-19-6-8-20(9-7-19)31-21(16-29-25(31)32)15-23(36(33,34)30-12-1-2-13-30)18-4-3-5-22(14-18)35-24-17-27-10-11-28-24/h3-11,14,17,21,23H,1-2,12-13,15-16H2,(H,29,32)/t21-,23?/m0/s1. The third-order valence-electron chi connectivity index (χ3n) is 6.44. The van der Waals surface area contributed by atoms with Crippen LogP contribution in [0.2, 0.25) is 5.02 Å². The molecule has 3 aromatic rings. The first-order chi connectivity index (χ1) is 17.4. The quantitative estimate of drug-likeness (QED) is 0.466. The Balaban J connectivity index is 1.48. The minimum atomic E-state index is -3.70. The highest BCUT2D eigenvalue weighted by molar-refractivity contribution is 7.89. The fourth-order valence-electron chi connectivity index (χ4n) is 4.70. The Morgan fingerprint density at radius 3 is 2.61 bits per heavy atom. The van der Waals surface area contributed by atoms with Crippen LogP contribution in [0.3, 0.4) is 0 Å². The number of rotatable bonds is 8. The van der Waals surface area contributed by atoms with Crippen molar-refractivity contribution in [1.29, 1.82) is 0 Å². The Morgan fingerprint density at radius 1 is 1.11 bits per heavy atom. The second-order valence-corrected chi connectivity index (χ2v) is 11.3. The van der Waals surface area contributed by atoms with Gasteiger partial charge < -0.3 is 10.1 Å². The van der Waals surface area contributed by atoms with Gasteiger partial charge in [-0.25, -0.2) is 22.5 Å². The normalized spacial score (nSPS) is 19.3. The number of nitrogens with zero attached hydrogens (tertiary/aromatic N) is 4. The van der Waals surface area contributed by atoms with Crippen LogP contribution in [0.25, 0.3) is 0 Å². The van der Waals surface area contributed by atoms with Crippen molar-refractivity contribution in [3.05, 3.63) is 77.7 Å². The topological polar surface area (TPSA) is 105 Å². The number of aromatic nitrogens is 2. The van der Waals surface area contributed by atoms with Crippen LogP contribution in [0, 0.1) is 0 Å². The first-order valence-electron chi connectivity index (χ1n) is 11.8. The van der Waals surface area contributed by atoms with Crippen LogP contribution in [0.4, 0.5) is 10.5 Å². The zero-order valence-corrected chi connectivity index (χ0v) is 21.0. The number of halogens is 1. The molecule has 2 aliphatic rings. The van der Waals surface area contributed by atoms with E-state index >= 15 is 0 Å². The molecule has 11 heteroatoms. The van der Waals surface area contributed by atoms with Gasteiger partial charge in [0, 0.05) is 42.7 Å². The highest BCUT2D eigenvalue weighted by Crippen LogP contribution is 2.37. The summed E-state index contributed by atoms with van der Waals surface area (Å²) < 4.78 is 35.1. The molecule has 1 unspecified atom stereocenters. The Bertz CT molecular complexity index is 1320. The summed E-state index contributed by atoms with van der Waals surface area (Å²) in [5, 5.41) is 2.55. The summed E-state index contributed by atoms with van der Waals surface area (Å²) in [5.74, 6) is 0.776. The van der Waals surface area contributed by atoms with Crippen molar-refractivity contribution in [1.82, 2.24) is 19.6 Å². The lowest BCUT2D eigenvalue weighted by molar-refractivity contribution is 0.251. The molecule has 1 aromatic heterocycles. The monoisotopic (exact) mass is 527 g/mol. The summed E-state index contributed by atoms with van der Waals surface area (Å²) in [7, 11) is -3.70. The van der Waals surface area contributed by atoms with E-state index in [2.05, 4.69) is 15.3 Å². The molecular weight excluding hydrogens is 502 g/mol. The third-order valence-corrected chi connectivity index (χ3v) is 8.96. The molecule has 5 rings (SSSR count). The zero-order valence-electron chi connectivity index (χ0n) is 19.5. The molecule has 3 heterocycles. The van der Waals surface area contributed by atoms with Gasteiger partial charge in [-0.3, -0.25) is 9.88 Å². The van der Waals surface area contributed by atoms with Crippen LogP contribution >= 0.6 is 11.6 Å². The van der Waals surface area contributed by atoms with E-state index in [1.807, 2.05) is 0 Å². The maximum atomic E-state index is 13.9. The number of urea groups is 1. The highest BCUT2D eigenvalue weighted by atomic mass is 35.5. The molecule has 1 N–H and O–H groups in total. The van der Waals surface area contributed by atoms with E-state index in [1.54, 1.807) is 63.9 Å². The Morgan fingerprint density at radius 2 is 1.89 bits per heavy atom. The van der Waals surface area contributed by atoms with Crippen molar-refractivity contribution in [2.45, 2.75) is 30.6 Å². The molecule has 0 bridgehead atoms. The SMILES string of the molecule is O=C1NC[C@H](CC(c2cccc(Oc3cnccn3)c2)S(=O)(=O)N2CCCC2)N1c1ccc(Cl)cc1. The summed E-state index contributed by atoms with van der Waals surface area (Å²) in [4.78, 5) is 22.5. The van der Waals surface area contributed by atoms with E-state index in [1.165, 1.54) is 12.4 Å². The molecule has 2 saturated heterocycles. The van der Waals surface area contributed by atoms with Crippen molar-refractivity contribution in [2.75, 3.05) is 24.5 Å². The predicted molar refractivity (Wildman–Crippen MR) is 137 cm³/mol. The molecule has 2 aromatic carbocycles. The van der Waals surface area contributed by atoms with Crippen LogP contribution in [-0.2, 0) is 10.0 Å². The zero-order chi connectivity index (χ0) is 25.1. The largest absolute Gasteiger partial charge is 0.437 e. The van der Waals surface area contributed by atoms with Gasteiger partial charge in [-0.15, -0.1) is 0 Å². The number of benzene rings is 2. The Kier molecular flexibility index (Phi) is 7.08. The van der Waals surface area contributed by atoms with E-state index in [4.69, 9.17) is 16.3 Å². The van der Waals surface area contributed by atoms with E-state index in [9.17, 15) is 13.2 Å². The minimum absolute atomic E-state index is 0.217. The molecule has 9 nitrogen and oxygen atoms in total. The molecule has 0 saturated carbocycles. The van der Waals surface area contributed by atoms with E-state index < -0.39 is 15.3 Å². The number of hydrogen-bond donors (Lipinski definition) is 1. The highest BCUT2D eigenvalue weighted by Gasteiger charge is 2.41. The number of amides is 2. The summed E-state index contributed by atoms with van der Waals surface area (Å²) >= 11 is 6.04. The average Bonchev–Trinajstić information content (AvgIpc) is 3.55. The van der Waals surface area contributed by atoms with Crippen molar-refractivity contribution in [3.8, 4) is 11.6 Å². The number of anilines is 1. The first kappa shape index (κ1) is 24.5. The summed E-state index contributed by atoms with van der Waals surface area (Å²) in [6.45, 7) is 1.33. The predicted octanol–water partition coefficient (Wildman–Crippen LogP) is 4.38. The number of carbonyl (C=O) groups is 1. The molecule has 0 radical (unpaired) electrons. The summed E-state index contributed by atoms with van der Waals surface area (Å²) in [6.07, 6.45) is 6.45. The molecule has 0 aliphatic carbocycles. The van der Waals surface area contributed by atoms with Gasteiger partial charge in [-0.05, 0) is 61.2 Å². The van der Waals surface area contributed by atoms with Gasteiger partial charge in [0.1, 0.15) is 11.0 Å². The average molecular weight is 528 g/mol. The van der Waals surface area contributed by atoms with Crippen LogP contribution < -0.4 is 15.0 Å². The molecule has 0 spiro atoms. The van der Waals surface area contributed by atoms with Gasteiger partial charge in [0.15, 0.2) is 0 Å². The lowest BCUT2D eigenvalue weighted by Crippen LogP contribution is -2.39. The Hall–Kier alpha value is -3.21. The van der Waals surface area contributed by atoms with Crippen LogP contribution in [0.5, 0.6) is 11.6 Å². The van der Waals surface area contributed by atoms with Gasteiger partial charge in [0.05, 0.1) is 12.2 Å². The molecule has 2 amide bonds. The third kappa shape index (κ3) is 5.16. The van der Waals surface area contributed by atoms with Crippen molar-refractivity contribution < 1.29 is 17.9 Å². The van der Waals surface area contributed by atoms with Gasteiger partial charge >= 0.3 is 6.03 Å². The van der Waals surface area contributed by atoms with Gasteiger partial charge in [-0.1, -0.05) is 23.7 Å².